The molecule has 1 saturated heterocycles. The summed E-state index contributed by atoms with van der Waals surface area (Å²) in [5.74, 6) is -0.0209. The summed E-state index contributed by atoms with van der Waals surface area (Å²) in [6, 6.07) is 0. The third-order valence-electron chi connectivity index (χ3n) is 4.63. The molecule has 0 bridgehead atoms. The smallest absolute Gasteiger partial charge is 0.156 e. The van der Waals surface area contributed by atoms with Gasteiger partial charge in [-0.05, 0) is 32.6 Å². The molecular formula is C12H22O3S. The molecule has 2 rings (SSSR count). The zero-order chi connectivity index (χ0) is 12.0. The largest absolute Gasteiger partial charge is 0.390 e. The molecule has 94 valence electrons. The number of hydrogen-bond acceptors (Lipinski definition) is 3. The molecular weight excluding hydrogens is 224 g/mol. The van der Waals surface area contributed by atoms with Crippen LogP contribution in [0, 0.1) is 5.92 Å². The van der Waals surface area contributed by atoms with E-state index in [0.717, 1.165) is 25.7 Å². The van der Waals surface area contributed by atoms with Gasteiger partial charge in [-0.2, -0.15) is 0 Å². The fraction of sp³-hybridized carbons (Fsp3) is 1.00. The zero-order valence-electron chi connectivity index (χ0n) is 10.1. The van der Waals surface area contributed by atoms with Gasteiger partial charge in [-0.1, -0.05) is 19.8 Å². The van der Waals surface area contributed by atoms with E-state index in [9.17, 15) is 13.5 Å². The molecule has 0 aromatic rings. The first-order valence-corrected chi connectivity index (χ1v) is 7.98. The molecule has 0 aromatic heterocycles. The topological polar surface area (TPSA) is 54.4 Å². The number of hydrogen-bond donors (Lipinski definition) is 1. The highest BCUT2D eigenvalue weighted by atomic mass is 32.2. The number of rotatable bonds is 1. The molecule has 1 aliphatic carbocycles. The van der Waals surface area contributed by atoms with Gasteiger partial charge in [0.2, 0.25) is 0 Å². The lowest BCUT2D eigenvalue weighted by molar-refractivity contribution is -0.0476. The minimum Gasteiger partial charge on any atom is -0.390 e. The predicted octanol–water partition coefficient (Wildman–Crippen LogP) is 1.89. The molecule has 4 atom stereocenters. The Hall–Kier alpha value is -0.0900. The summed E-state index contributed by atoms with van der Waals surface area (Å²) in [6.07, 6.45) is 4.78. The van der Waals surface area contributed by atoms with E-state index in [2.05, 4.69) is 0 Å². The first-order valence-electron chi connectivity index (χ1n) is 6.37. The Kier molecular flexibility index (Phi) is 3.08. The fourth-order valence-electron chi connectivity index (χ4n) is 3.58. The van der Waals surface area contributed by atoms with E-state index in [1.165, 1.54) is 0 Å². The van der Waals surface area contributed by atoms with Crippen molar-refractivity contribution >= 4 is 9.84 Å². The van der Waals surface area contributed by atoms with E-state index in [1.807, 2.05) is 6.92 Å². The quantitative estimate of drug-likeness (QED) is 0.768. The lowest BCUT2D eigenvalue weighted by Crippen LogP contribution is -2.56. The van der Waals surface area contributed by atoms with Gasteiger partial charge in [0.05, 0.1) is 16.1 Å². The molecule has 0 aromatic carbocycles. The highest BCUT2D eigenvalue weighted by Gasteiger charge is 2.53. The zero-order valence-corrected chi connectivity index (χ0v) is 11.0. The van der Waals surface area contributed by atoms with Crippen LogP contribution < -0.4 is 0 Å². The third-order valence-corrected chi connectivity index (χ3v) is 7.33. The van der Waals surface area contributed by atoms with E-state index < -0.39 is 15.4 Å². The highest BCUT2D eigenvalue weighted by Crippen LogP contribution is 2.46. The van der Waals surface area contributed by atoms with E-state index in [-0.39, 0.29) is 16.4 Å². The van der Waals surface area contributed by atoms with Crippen LogP contribution >= 0.6 is 0 Å². The van der Waals surface area contributed by atoms with Gasteiger partial charge in [-0.15, -0.1) is 0 Å². The van der Waals surface area contributed by atoms with E-state index in [1.54, 1.807) is 6.92 Å². The molecule has 0 unspecified atom stereocenters. The van der Waals surface area contributed by atoms with Crippen molar-refractivity contribution in [3.63, 3.8) is 0 Å². The maximum absolute atomic E-state index is 12.2. The van der Waals surface area contributed by atoms with E-state index in [4.69, 9.17) is 0 Å². The van der Waals surface area contributed by atoms with Gasteiger partial charge in [0, 0.05) is 5.92 Å². The minimum atomic E-state index is -3.00. The molecule has 2 aliphatic rings. The van der Waals surface area contributed by atoms with Crippen LogP contribution in [0.25, 0.3) is 0 Å². The average Bonchev–Trinajstić information content (AvgIpc) is 2.27. The predicted molar refractivity (Wildman–Crippen MR) is 64.0 cm³/mol. The van der Waals surface area contributed by atoms with Crippen molar-refractivity contribution in [1.29, 1.82) is 0 Å². The van der Waals surface area contributed by atoms with Gasteiger partial charge in [0.15, 0.2) is 9.84 Å². The molecule has 1 aliphatic heterocycles. The molecule has 0 radical (unpaired) electrons. The molecule has 1 N–H and O–H groups in total. The van der Waals surface area contributed by atoms with Crippen LogP contribution in [0.15, 0.2) is 0 Å². The average molecular weight is 246 g/mol. The summed E-state index contributed by atoms with van der Waals surface area (Å²) >= 11 is 0. The van der Waals surface area contributed by atoms with E-state index >= 15 is 0 Å². The van der Waals surface area contributed by atoms with Crippen LogP contribution in [0.3, 0.4) is 0 Å². The van der Waals surface area contributed by atoms with Crippen LogP contribution in [-0.2, 0) is 9.84 Å². The van der Waals surface area contributed by atoms with Crippen molar-refractivity contribution in [2.45, 2.75) is 68.5 Å². The van der Waals surface area contributed by atoms with Crippen molar-refractivity contribution in [2.75, 3.05) is 0 Å². The number of aliphatic hydroxyl groups is 1. The Morgan fingerprint density at radius 1 is 1.31 bits per heavy atom. The summed E-state index contributed by atoms with van der Waals surface area (Å²) in [7, 11) is -3.00. The van der Waals surface area contributed by atoms with Crippen molar-refractivity contribution in [1.82, 2.24) is 0 Å². The molecule has 0 amide bonds. The van der Waals surface area contributed by atoms with Crippen LogP contribution in [0.1, 0.15) is 52.4 Å². The SMILES string of the molecule is CC[C@]1(O)C[C@@H](C)S(=O)(=O)[C@H]2CCCC[C@@H]21. The Morgan fingerprint density at radius 2 is 1.94 bits per heavy atom. The molecule has 1 saturated carbocycles. The van der Waals surface area contributed by atoms with Gasteiger partial charge in [-0.3, -0.25) is 0 Å². The van der Waals surface area contributed by atoms with Crippen LogP contribution in [-0.4, -0.2) is 29.6 Å². The van der Waals surface area contributed by atoms with Crippen molar-refractivity contribution in [3.05, 3.63) is 0 Å². The second-order valence-corrected chi connectivity index (χ2v) is 8.08. The monoisotopic (exact) mass is 246 g/mol. The molecule has 1 heterocycles. The Balaban J connectivity index is 2.38. The van der Waals surface area contributed by atoms with Crippen LogP contribution in [0.5, 0.6) is 0 Å². The van der Waals surface area contributed by atoms with Gasteiger partial charge < -0.3 is 5.11 Å². The van der Waals surface area contributed by atoms with Crippen LogP contribution in [0.2, 0.25) is 0 Å². The molecule has 16 heavy (non-hydrogen) atoms. The maximum atomic E-state index is 12.2. The lowest BCUT2D eigenvalue weighted by atomic mass is 9.72. The van der Waals surface area contributed by atoms with Crippen molar-refractivity contribution < 1.29 is 13.5 Å². The van der Waals surface area contributed by atoms with Gasteiger partial charge in [0.25, 0.3) is 0 Å². The van der Waals surface area contributed by atoms with Crippen molar-refractivity contribution in [3.8, 4) is 0 Å². The lowest BCUT2D eigenvalue weighted by Gasteiger charge is -2.48. The molecule has 0 spiro atoms. The maximum Gasteiger partial charge on any atom is 0.156 e. The summed E-state index contributed by atoms with van der Waals surface area (Å²) < 4.78 is 24.5. The number of sulfone groups is 1. The van der Waals surface area contributed by atoms with Crippen LogP contribution in [0.4, 0.5) is 0 Å². The van der Waals surface area contributed by atoms with E-state index in [0.29, 0.717) is 12.8 Å². The first-order chi connectivity index (χ1) is 7.42. The first kappa shape index (κ1) is 12.4. The summed E-state index contributed by atoms with van der Waals surface area (Å²) in [4.78, 5) is 0. The van der Waals surface area contributed by atoms with Gasteiger partial charge in [-0.25, -0.2) is 8.42 Å². The Morgan fingerprint density at radius 3 is 2.56 bits per heavy atom. The fourth-order valence-corrected chi connectivity index (χ4v) is 6.04. The number of fused-ring (bicyclic) bond motifs is 1. The minimum absolute atomic E-state index is 0.0209. The standard InChI is InChI=1S/C12H22O3S/c1-3-12(13)8-9(2)16(14,15)11-7-5-4-6-10(11)12/h9-11,13H,3-8H2,1-2H3/t9-,10+,11+,12+/m1/s1. The summed E-state index contributed by atoms with van der Waals surface area (Å²) in [5.41, 5.74) is -0.740. The third kappa shape index (κ3) is 1.70. The molecule has 3 nitrogen and oxygen atoms in total. The highest BCUT2D eigenvalue weighted by molar-refractivity contribution is 7.92. The van der Waals surface area contributed by atoms with Gasteiger partial charge in [0.1, 0.15) is 0 Å². The Bertz CT molecular complexity index is 362. The second kappa shape index (κ2) is 3.98. The van der Waals surface area contributed by atoms with Crippen molar-refractivity contribution in [2.24, 2.45) is 5.92 Å². The summed E-state index contributed by atoms with van der Waals surface area (Å²) in [6.45, 7) is 3.72. The summed E-state index contributed by atoms with van der Waals surface area (Å²) in [5, 5.41) is 9.95. The van der Waals surface area contributed by atoms with Gasteiger partial charge >= 0.3 is 0 Å². The molecule has 4 heteroatoms. The Labute approximate surface area is 98.2 Å². The molecule has 2 fully saturated rings. The normalized spacial score (nSPS) is 47.3. The second-order valence-electron chi connectivity index (χ2n) is 5.49.